The largest absolute Gasteiger partial charge is 0.355 e. The molecular formula is C17H26N2O2. The van der Waals surface area contributed by atoms with Crippen molar-refractivity contribution in [3.05, 3.63) is 34.9 Å². The first kappa shape index (κ1) is 17.4. The number of nitrogens with zero attached hydrogens (tertiary/aromatic N) is 1. The van der Waals surface area contributed by atoms with Crippen molar-refractivity contribution in [3.8, 4) is 0 Å². The van der Waals surface area contributed by atoms with Crippen molar-refractivity contribution in [2.75, 3.05) is 19.6 Å². The predicted molar refractivity (Wildman–Crippen MR) is 85.6 cm³/mol. The lowest BCUT2D eigenvalue weighted by atomic mass is 9.97. The minimum Gasteiger partial charge on any atom is -0.355 e. The minimum absolute atomic E-state index is 0.0417. The molecule has 0 saturated carbocycles. The van der Waals surface area contributed by atoms with Crippen LogP contribution in [-0.2, 0) is 4.79 Å². The van der Waals surface area contributed by atoms with E-state index in [1.165, 1.54) is 0 Å². The molecule has 1 rings (SSSR count). The summed E-state index contributed by atoms with van der Waals surface area (Å²) < 4.78 is 0. The lowest BCUT2D eigenvalue weighted by Crippen LogP contribution is -2.45. The van der Waals surface area contributed by atoms with Crippen LogP contribution in [-0.4, -0.2) is 42.3 Å². The van der Waals surface area contributed by atoms with Crippen LogP contribution in [0.25, 0.3) is 0 Å². The Morgan fingerprint density at radius 3 is 2.48 bits per heavy atom. The molecule has 0 saturated heterocycles. The van der Waals surface area contributed by atoms with Crippen molar-refractivity contribution >= 4 is 11.7 Å². The molecule has 21 heavy (non-hydrogen) atoms. The van der Waals surface area contributed by atoms with Gasteiger partial charge in [0.1, 0.15) is 0 Å². The number of Topliss-reactive ketones (excluding diaryl/α,β-unsaturated/α-hetero) is 1. The zero-order chi connectivity index (χ0) is 16.0. The Morgan fingerprint density at radius 2 is 1.90 bits per heavy atom. The first-order chi connectivity index (χ1) is 9.90. The average molecular weight is 290 g/mol. The number of likely N-dealkylation sites (N-methyl/N-ethyl adjacent to an activating group) is 2. The summed E-state index contributed by atoms with van der Waals surface area (Å²) in [6, 6.07) is 5.59. The van der Waals surface area contributed by atoms with Gasteiger partial charge in [0.25, 0.3) is 0 Å². The molecule has 4 nitrogen and oxygen atoms in total. The van der Waals surface area contributed by atoms with Gasteiger partial charge in [-0.05, 0) is 45.9 Å². The first-order valence-corrected chi connectivity index (χ1v) is 7.52. The van der Waals surface area contributed by atoms with E-state index in [4.69, 9.17) is 0 Å². The minimum atomic E-state index is -0.307. The normalized spacial score (nSPS) is 12.3. The van der Waals surface area contributed by atoms with Crippen molar-refractivity contribution < 1.29 is 9.59 Å². The molecule has 0 aliphatic heterocycles. The van der Waals surface area contributed by atoms with Gasteiger partial charge in [-0.2, -0.15) is 0 Å². The second-order valence-electron chi connectivity index (χ2n) is 5.38. The first-order valence-electron chi connectivity index (χ1n) is 7.52. The number of hydrogen-bond donors (Lipinski definition) is 1. The SMILES string of the molecule is CCNC(=O)CN(CC)C(C)C(=O)c1cc(C)ccc1C. The molecule has 0 aliphatic rings. The third-order valence-corrected chi connectivity index (χ3v) is 3.71. The average Bonchev–Trinajstić information content (AvgIpc) is 2.46. The molecular weight excluding hydrogens is 264 g/mol. The van der Waals surface area contributed by atoms with Crippen LogP contribution < -0.4 is 5.32 Å². The van der Waals surface area contributed by atoms with Crippen LogP contribution in [0.2, 0.25) is 0 Å². The molecule has 0 bridgehead atoms. The van der Waals surface area contributed by atoms with Crippen LogP contribution in [0, 0.1) is 13.8 Å². The fraction of sp³-hybridized carbons (Fsp3) is 0.529. The maximum atomic E-state index is 12.7. The van der Waals surface area contributed by atoms with Crippen molar-refractivity contribution in [3.63, 3.8) is 0 Å². The number of rotatable bonds is 7. The molecule has 0 heterocycles. The summed E-state index contributed by atoms with van der Waals surface area (Å²) in [5.74, 6) is 0.0299. The molecule has 4 heteroatoms. The summed E-state index contributed by atoms with van der Waals surface area (Å²) in [6.45, 7) is 11.2. The summed E-state index contributed by atoms with van der Waals surface area (Å²) >= 11 is 0. The number of carbonyl (C=O) groups is 2. The van der Waals surface area contributed by atoms with Gasteiger partial charge in [-0.3, -0.25) is 14.5 Å². The Labute approximate surface area is 127 Å². The molecule has 0 spiro atoms. The molecule has 1 unspecified atom stereocenters. The molecule has 1 N–H and O–H groups in total. The highest BCUT2D eigenvalue weighted by atomic mass is 16.2. The zero-order valence-corrected chi connectivity index (χ0v) is 13.7. The van der Waals surface area contributed by atoms with Gasteiger partial charge in [-0.15, -0.1) is 0 Å². The summed E-state index contributed by atoms with van der Waals surface area (Å²) in [5.41, 5.74) is 2.80. The van der Waals surface area contributed by atoms with Crippen LogP contribution in [0.3, 0.4) is 0 Å². The quantitative estimate of drug-likeness (QED) is 0.784. The van der Waals surface area contributed by atoms with Gasteiger partial charge in [-0.1, -0.05) is 24.6 Å². The molecule has 0 radical (unpaired) electrons. The molecule has 1 aromatic rings. The monoisotopic (exact) mass is 290 g/mol. The van der Waals surface area contributed by atoms with Crippen molar-refractivity contribution in [2.45, 2.75) is 40.7 Å². The number of amides is 1. The summed E-state index contributed by atoms with van der Waals surface area (Å²) in [6.07, 6.45) is 0. The van der Waals surface area contributed by atoms with Crippen molar-refractivity contribution in [1.29, 1.82) is 0 Å². The fourth-order valence-corrected chi connectivity index (χ4v) is 2.35. The third kappa shape index (κ3) is 4.67. The summed E-state index contributed by atoms with van der Waals surface area (Å²) in [5, 5.41) is 2.77. The Morgan fingerprint density at radius 1 is 1.24 bits per heavy atom. The van der Waals surface area contributed by atoms with Crippen molar-refractivity contribution in [1.82, 2.24) is 10.2 Å². The maximum absolute atomic E-state index is 12.7. The topological polar surface area (TPSA) is 49.4 Å². The lowest BCUT2D eigenvalue weighted by Gasteiger charge is -2.26. The Kier molecular flexibility index (Phi) is 6.56. The van der Waals surface area contributed by atoms with Gasteiger partial charge >= 0.3 is 0 Å². The van der Waals surface area contributed by atoms with E-state index in [9.17, 15) is 9.59 Å². The van der Waals surface area contributed by atoms with E-state index in [-0.39, 0.29) is 24.3 Å². The molecule has 1 atom stereocenters. The Bertz CT molecular complexity index is 512. The molecule has 1 amide bonds. The van der Waals surface area contributed by atoms with E-state index in [0.29, 0.717) is 13.1 Å². The molecule has 116 valence electrons. The molecule has 0 fully saturated rings. The third-order valence-electron chi connectivity index (χ3n) is 3.71. The van der Waals surface area contributed by atoms with E-state index < -0.39 is 0 Å². The van der Waals surface area contributed by atoms with E-state index in [1.54, 1.807) is 0 Å². The van der Waals surface area contributed by atoms with Crippen LogP contribution in [0.4, 0.5) is 0 Å². The van der Waals surface area contributed by atoms with Gasteiger partial charge in [0.15, 0.2) is 5.78 Å². The smallest absolute Gasteiger partial charge is 0.234 e. The fourth-order valence-electron chi connectivity index (χ4n) is 2.35. The van der Waals surface area contributed by atoms with E-state index in [2.05, 4.69) is 5.32 Å². The highest BCUT2D eigenvalue weighted by Crippen LogP contribution is 2.15. The van der Waals surface area contributed by atoms with Crippen LogP contribution in [0.5, 0.6) is 0 Å². The van der Waals surface area contributed by atoms with Gasteiger partial charge in [0, 0.05) is 12.1 Å². The van der Waals surface area contributed by atoms with E-state index >= 15 is 0 Å². The number of ketones is 1. The van der Waals surface area contributed by atoms with E-state index in [0.717, 1.165) is 16.7 Å². The van der Waals surface area contributed by atoms with Gasteiger partial charge < -0.3 is 5.32 Å². The summed E-state index contributed by atoms with van der Waals surface area (Å²) in [7, 11) is 0. The maximum Gasteiger partial charge on any atom is 0.234 e. The standard InChI is InChI=1S/C17H26N2O2/c1-6-18-16(20)11-19(7-2)14(5)17(21)15-10-12(3)8-9-13(15)4/h8-10,14H,6-7,11H2,1-5H3,(H,18,20). The van der Waals surface area contributed by atoms with E-state index in [1.807, 2.05) is 57.7 Å². The summed E-state index contributed by atoms with van der Waals surface area (Å²) in [4.78, 5) is 26.3. The van der Waals surface area contributed by atoms with Crippen molar-refractivity contribution in [2.24, 2.45) is 0 Å². The van der Waals surface area contributed by atoms with Crippen LogP contribution in [0.1, 0.15) is 42.3 Å². The van der Waals surface area contributed by atoms with Crippen LogP contribution in [0.15, 0.2) is 18.2 Å². The van der Waals surface area contributed by atoms with Gasteiger partial charge in [-0.25, -0.2) is 0 Å². The number of aryl methyl sites for hydroxylation is 2. The highest BCUT2D eigenvalue weighted by Gasteiger charge is 2.24. The number of hydrogen-bond acceptors (Lipinski definition) is 3. The second kappa shape index (κ2) is 7.93. The zero-order valence-electron chi connectivity index (χ0n) is 13.7. The second-order valence-corrected chi connectivity index (χ2v) is 5.38. The molecule has 1 aromatic carbocycles. The predicted octanol–water partition coefficient (Wildman–Crippen LogP) is 2.33. The van der Waals surface area contributed by atoms with Gasteiger partial charge in [0.05, 0.1) is 12.6 Å². The molecule has 0 aliphatic carbocycles. The van der Waals surface area contributed by atoms with Crippen LogP contribution >= 0.6 is 0 Å². The Hall–Kier alpha value is -1.68. The number of benzene rings is 1. The van der Waals surface area contributed by atoms with Gasteiger partial charge in [0.2, 0.25) is 5.91 Å². The number of nitrogens with one attached hydrogen (secondary N) is 1. The Balaban J connectivity index is 2.88. The lowest BCUT2D eigenvalue weighted by molar-refractivity contribution is -0.122. The molecule has 0 aromatic heterocycles. The number of carbonyl (C=O) groups excluding carboxylic acids is 2. The highest BCUT2D eigenvalue weighted by molar-refractivity contribution is 6.01.